The number of hydrogen-bond donors (Lipinski definition) is 0. The first-order valence-electron chi connectivity index (χ1n) is 8.72. The topological polar surface area (TPSA) is 18.5 Å². The first kappa shape index (κ1) is 16.6. The fourth-order valence-corrected chi connectivity index (χ4v) is 4.67. The van der Waals surface area contributed by atoms with E-state index in [1.165, 1.54) is 37.0 Å². The second-order valence-electron chi connectivity index (χ2n) is 6.51. The molecule has 1 aliphatic carbocycles. The molecule has 3 aromatic rings. The second kappa shape index (κ2) is 7.16. The van der Waals surface area contributed by atoms with Gasteiger partial charge in [-0.05, 0) is 49.1 Å². The summed E-state index contributed by atoms with van der Waals surface area (Å²) in [5.41, 5.74) is 0. The summed E-state index contributed by atoms with van der Waals surface area (Å²) in [7, 11) is 0. The Balaban J connectivity index is 1.63. The van der Waals surface area contributed by atoms with Crippen molar-refractivity contribution in [2.45, 2.75) is 25.7 Å². The highest BCUT2D eigenvalue weighted by Crippen LogP contribution is 2.40. The van der Waals surface area contributed by atoms with E-state index in [9.17, 15) is 8.78 Å². The largest absolute Gasteiger partial charge is 0.493 e. The molecular weight excluding hydrogens is 342 g/mol. The lowest BCUT2D eigenvalue weighted by molar-refractivity contribution is 0.252. The van der Waals surface area contributed by atoms with Crippen LogP contribution in [-0.2, 0) is 0 Å². The second-order valence-corrected chi connectivity index (χ2v) is 7.57. The van der Waals surface area contributed by atoms with E-state index in [1.807, 2.05) is 24.3 Å². The Morgan fingerprint density at radius 3 is 2.64 bits per heavy atom. The fourth-order valence-electron chi connectivity index (χ4n) is 3.51. The minimum Gasteiger partial charge on any atom is -0.493 e. The summed E-state index contributed by atoms with van der Waals surface area (Å²) in [5, 5.41) is 1.86. The number of thiophene rings is 1. The van der Waals surface area contributed by atoms with Gasteiger partial charge in [0.05, 0.1) is 11.3 Å². The lowest BCUT2D eigenvalue weighted by Crippen LogP contribution is -2.07. The number of benzene rings is 2. The average Bonchev–Trinajstić information content (AvgIpc) is 3.27. The summed E-state index contributed by atoms with van der Waals surface area (Å²) < 4.78 is 39.5. The van der Waals surface area contributed by atoms with Gasteiger partial charge in [0, 0.05) is 15.5 Å². The monoisotopic (exact) mass is 362 g/mol. The minimum absolute atomic E-state index is 0.106. The molecule has 1 saturated carbocycles. The third-order valence-corrected chi connectivity index (χ3v) is 5.97. The van der Waals surface area contributed by atoms with Crippen LogP contribution >= 0.6 is 11.3 Å². The normalized spacial score (nSPS) is 15.3. The highest BCUT2D eigenvalue weighted by molar-refractivity contribution is 7.25. The van der Waals surface area contributed by atoms with E-state index in [2.05, 4.69) is 0 Å². The van der Waals surface area contributed by atoms with Crippen molar-refractivity contribution in [3.8, 4) is 11.5 Å². The third kappa shape index (κ3) is 3.30. The van der Waals surface area contributed by atoms with Crippen molar-refractivity contribution in [1.29, 1.82) is 0 Å². The Kier molecular flexibility index (Phi) is 4.75. The first-order valence-corrected chi connectivity index (χ1v) is 9.54. The van der Waals surface area contributed by atoms with Gasteiger partial charge in [-0.1, -0.05) is 12.8 Å². The Labute approximate surface area is 149 Å². The molecule has 5 heteroatoms. The van der Waals surface area contributed by atoms with E-state index in [-0.39, 0.29) is 12.4 Å². The van der Waals surface area contributed by atoms with Crippen molar-refractivity contribution in [1.82, 2.24) is 0 Å². The average molecular weight is 362 g/mol. The van der Waals surface area contributed by atoms with Gasteiger partial charge < -0.3 is 9.47 Å². The molecule has 0 bridgehead atoms. The van der Waals surface area contributed by atoms with E-state index in [1.54, 1.807) is 6.07 Å². The third-order valence-electron chi connectivity index (χ3n) is 4.81. The van der Waals surface area contributed by atoms with Crippen LogP contribution in [-0.4, -0.2) is 19.9 Å². The molecule has 0 saturated heterocycles. The zero-order chi connectivity index (χ0) is 17.2. The van der Waals surface area contributed by atoms with Crippen LogP contribution in [0.3, 0.4) is 0 Å². The van der Waals surface area contributed by atoms with Gasteiger partial charge in [-0.25, -0.2) is 8.78 Å². The molecule has 0 N–H and O–H groups in total. The Morgan fingerprint density at radius 1 is 1.04 bits per heavy atom. The van der Waals surface area contributed by atoms with E-state index >= 15 is 0 Å². The maximum absolute atomic E-state index is 14.6. The Hall–Kier alpha value is -1.88. The quantitative estimate of drug-likeness (QED) is 0.527. The number of halogens is 2. The zero-order valence-electron chi connectivity index (χ0n) is 13.9. The van der Waals surface area contributed by atoms with Gasteiger partial charge in [0.15, 0.2) is 11.6 Å². The van der Waals surface area contributed by atoms with Crippen molar-refractivity contribution in [2.75, 3.05) is 19.9 Å². The first-order chi connectivity index (χ1) is 12.3. The molecule has 0 radical (unpaired) electrons. The van der Waals surface area contributed by atoms with Gasteiger partial charge in [-0.2, -0.15) is 0 Å². The number of alkyl halides is 1. The lowest BCUT2D eigenvalue weighted by Gasteiger charge is -2.11. The molecule has 0 aliphatic heterocycles. The molecule has 0 unspecified atom stereocenters. The van der Waals surface area contributed by atoms with Crippen LogP contribution in [0.1, 0.15) is 25.7 Å². The predicted molar refractivity (Wildman–Crippen MR) is 98.2 cm³/mol. The summed E-state index contributed by atoms with van der Waals surface area (Å²) in [5.74, 6) is 1.18. The van der Waals surface area contributed by atoms with Crippen LogP contribution < -0.4 is 9.47 Å². The summed E-state index contributed by atoms with van der Waals surface area (Å²) in [6, 6.07) is 9.33. The number of ether oxygens (including phenoxy) is 2. The van der Waals surface area contributed by atoms with Gasteiger partial charge in [0.1, 0.15) is 19.0 Å². The van der Waals surface area contributed by atoms with E-state index in [4.69, 9.17) is 9.47 Å². The molecule has 2 nitrogen and oxygen atoms in total. The van der Waals surface area contributed by atoms with Crippen molar-refractivity contribution in [3.05, 3.63) is 36.1 Å². The number of hydrogen-bond acceptors (Lipinski definition) is 3. The van der Waals surface area contributed by atoms with Gasteiger partial charge in [-0.3, -0.25) is 0 Å². The van der Waals surface area contributed by atoms with Gasteiger partial charge in [0.25, 0.3) is 0 Å². The van der Waals surface area contributed by atoms with E-state index in [0.29, 0.717) is 10.6 Å². The maximum Gasteiger partial charge on any atom is 0.182 e. The highest BCUT2D eigenvalue weighted by atomic mass is 32.1. The van der Waals surface area contributed by atoms with Gasteiger partial charge in [0.2, 0.25) is 0 Å². The summed E-state index contributed by atoms with van der Waals surface area (Å²) >= 11 is 1.38. The van der Waals surface area contributed by atoms with Crippen LogP contribution in [0, 0.1) is 11.7 Å². The number of rotatable bonds is 6. The molecule has 0 atom stereocenters. The van der Waals surface area contributed by atoms with Crippen molar-refractivity contribution >= 4 is 31.5 Å². The van der Waals surface area contributed by atoms with Crippen molar-refractivity contribution in [2.24, 2.45) is 5.92 Å². The molecule has 2 aromatic carbocycles. The molecule has 1 fully saturated rings. The van der Waals surface area contributed by atoms with Crippen LogP contribution in [0.5, 0.6) is 11.5 Å². The SMILES string of the molecule is FCCOc1ccc2c(sc3cc(OCC4CCCC4)ccc32)c1F. The minimum atomic E-state index is -0.633. The number of fused-ring (bicyclic) bond motifs is 3. The zero-order valence-corrected chi connectivity index (χ0v) is 14.7. The van der Waals surface area contributed by atoms with Crippen LogP contribution in [0.4, 0.5) is 8.78 Å². The summed E-state index contributed by atoms with van der Waals surface area (Å²) in [6.07, 6.45) is 5.10. The van der Waals surface area contributed by atoms with Crippen LogP contribution in [0.15, 0.2) is 30.3 Å². The smallest absolute Gasteiger partial charge is 0.182 e. The lowest BCUT2D eigenvalue weighted by atomic mass is 10.1. The molecule has 25 heavy (non-hydrogen) atoms. The molecule has 1 heterocycles. The van der Waals surface area contributed by atoms with Crippen LogP contribution in [0.25, 0.3) is 20.2 Å². The molecule has 0 spiro atoms. The molecule has 1 aromatic heterocycles. The van der Waals surface area contributed by atoms with Gasteiger partial charge >= 0.3 is 0 Å². The molecule has 132 valence electrons. The fraction of sp³-hybridized carbons (Fsp3) is 0.400. The van der Waals surface area contributed by atoms with Crippen molar-refractivity contribution < 1.29 is 18.3 Å². The Morgan fingerprint density at radius 2 is 1.84 bits per heavy atom. The predicted octanol–water partition coefficient (Wildman–Crippen LogP) is 6.11. The van der Waals surface area contributed by atoms with E-state index in [0.717, 1.165) is 27.8 Å². The van der Waals surface area contributed by atoms with E-state index < -0.39 is 12.5 Å². The van der Waals surface area contributed by atoms with Crippen LogP contribution in [0.2, 0.25) is 0 Å². The van der Waals surface area contributed by atoms with Crippen molar-refractivity contribution in [3.63, 3.8) is 0 Å². The van der Waals surface area contributed by atoms with Gasteiger partial charge in [-0.15, -0.1) is 11.3 Å². The standard InChI is InChI=1S/C20H20F2O2S/c21-9-10-23-17-8-7-16-15-6-5-14(24-12-13-3-1-2-4-13)11-18(15)25-20(16)19(17)22/h5-8,11,13H,1-4,9-10,12H2. The summed E-state index contributed by atoms with van der Waals surface area (Å²) in [6.45, 7) is -0.00988. The molecule has 0 amide bonds. The molecular formula is C20H20F2O2S. The molecule has 1 aliphatic rings. The summed E-state index contributed by atoms with van der Waals surface area (Å²) in [4.78, 5) is 0. The Bertz CT molecular complexity index is 884. The maximum atomic E-state index is 14.6. The molecule has 4 rings (SSSR count). The highest BCUT2D eigenvalue weighted by Gasteiger charge is 2.17.